The second kappa shape index (κ2) is 3.47. The minimum absolute atomic E-state index is 0.0139. The molecule has 0 spiro atoms. The van der Waals surface area contributed by atoms with Crippen molar-refractivity contribution >= 4 is 16.8 Å². The minimum Gasteiger partial charge on any atom is -0.280 e. The van der Waals surface area contributed by atoms with Crippen molar-refractivity contribution in [2.24, 2.45) is 11.8 Å². The summed E-state index contributed by atoms with van der Waals surface area (Å²) in [5.41, 5.74) is 0. The molecule has 0 aromatic heterocycles. The Hall–Kier alpha value is -0.550. The number of hydrogen-bond donors (Lipinski definition) is 0. The number of hydrogen-bond acceptors (Lipinski definition) is 2. The summed E-state index contributed by atoms with van der Waals surface area (Å²) < 4.78 is 0. The van der Waals surface area contributed by atoms with Crippen LogP contribution in [0.5, 0.6) is 0 Å². The summed E-state index contributed by atoms with van der Waals surface area (Å²) in [6.45, 7) is 3.57. The van der Waals surface area contributed by atoms with Crippen LogP contribution in [0, 0.1) is 23.2 Å². The molecule has 0 saturated heterocycles. The number of nitriles is 1. The molecule has 9 heavy (non-hydrogen) atoms. The van der Waals surface area contributed by atoms with E-state index in [9.17, 15) is 4.79 Å². The maximum Gasteiger partial charge on any atom is 0.239 e. The van der Waals surface area contributed by atoms with E-state index in [-0.39, 0.29) is 5.92 Å². The lowest BCUT2D eigenvalue weighted by Crippen LogP contribution is -2.12. The summed E-state index contributed by atoms with van der Waals surface area (Å²) in [5.74, 6) is -0.633. The lowest BCUT2D eigenvalue weighted by molar-refractivity contribution is -0.114. The summed E-state index contributed by atoms with van der Waals surface area (Å²) in [6, 6.07) is 1.82. The van der Waals surface area contributed by atoms with Gasteiger partial charge in [0.1, 0.15) is 5.92 Å². The van der Waals surface area contributed by atoms with Gasteiger partial charge in [0.05, 0.1) is 6.07 Å². The third-order valence-electron chi connectivity index (χ3n) is 1.05. The first-order chi connectivity index (χ1) is 4.09. The third kappa shape index (κ3) is 2.48. The number of rotatable bonds is 2. The van der Waals surface area contributed by atoms with Crippen molar-refractivity contribution in [1.82, 2.24) is 0 Å². The first kappa shape index (κ1) is 8.45. The Bertz CT molecular complexity index is 148. The van der Waals surface area contributed by atoms with Crippen molar-refractivity contribution < 1.29 is 4.79 Å². The highest BCUT2D eigenvalue weighted by Crippen LogP contribution is 2.11. The van der Waals surface area contributed by atoms with Crippen LogP contribution in [-0.4, -0.2) is 5.24 Å². The van der Waals surface area contributed by atoms with E-state index in [0.29, 0.717) is 0 Å². The van der Waals surface area contributed by atoms with E-state index < -0.39 is 11.2 Å². The van der Waals surface area contributed by atoms with Crippen LogP contribution in [0.15, 0.2) is 0 Å². The van der Waals surface area contributed by atoms with Gasteiger partial charge in [0.25, 0.3) is 0 Å². The van der Waals surface area contributed by atoms with Gasteiger partial charge in [-0.25, -0.2) is 0 Å². The molecule has 0 aliphatic rings. The molecule has 0 radical (unpaired) electrons. The van der Waals surface area contributed by atoms with Gasteiger partial charge in [-0.1, -0.05) is 13.8 Å². The number of carbonyl (C=O) groups is 1. The van der Waals surface area contributed by atoms with E-state index in [2.05, 4.69) is 0 Å². The summed E-state index contributed by atoms with van der Waals surface area (Å²) >= 11 is 5.08. The molecule has 0 aliphatic carbocycles. The Morgan fingerprint density at radius 3 is 2.11 bits per heavy atom. The second-order valence-corrected chi connectivity index (χ2v) is 2.53. The molecule has 0 saturated carbocycles. The van der Waals surface area contributed by atoms with Gasteiger partial charge in [-0.15, -0.1) is 0 Å². The third-order valence-corrected chi connectivity index (χ3v) is 1.29. The summed E-state index contributed by atoms with van der Waals surface area (Å²) in [4.78, 5) is 10.4. The fraction of sp³-hybridized carbons (Fsp3) is 0.667. The largest absolute Gasteiger partial charge is 0.280 e. The topological polar surface area (TPSA) is 40.9 Å². The Morgan fingerprint density at radius 2 is 2.11 bits per heavy atom. The highest BCUT2D eigenvalue weighted by atomic mass is 35.5. The molecule has 0 unspecified atom stereocenters. The maximum absolute atomic E-state index is 10.4. The fourth-order valence-corrected chi connectivity index (χ4v) is 0.763. The van der Waals surface area contributed by atoms with Gasteiger partial charge in [-0.3, -0.25) is 4.79 Å². The van der Waals surface area contributed by atoms with Gasteiger partial charge in [0, 0.05) is 0 Å². The molecule has 0 fully saturated rings. The Labute approximate surface area is 59.4 Å². The SMILES string of the molecule is CC(C)[C@H](C#N)C(=O)Cl. The number of carbonyl (C=O) groups excluding carboxylic acids is 1. The van der Waals surface area contributed by atoms with Crippen molar-refractivity contribution in [2.75, 3.05) is 0 Å². The van der Waals surface area contributed by atoms with Crippen LogP contribution in [0.25, 0.3) is 0 Å². The number of nitrogens with zero attached hydrogens (tertiary/aromatic N) is 1. The molecule has 50 valence electrons. The molecular weight excluding hydrogens is 138 g/mol. The molecule has 0 rings (SSSR count). The monoisotopic (exact) mass is 145 g/mol. The molecule has 2 nitrogen and oxygen atoms in total. The van der Waals surface area contributed by atoms with E-state index in [0.717, 1.165) is 0 Å². The maximum atomic E-state index is 10.4. The van der Waals surface area contributed by atoms with Crippen LogP contribution >= 0.6 is 11.6 Å². The molecule has 1 atom stereocenters. The predicted molar refractivity (Wildman–Crippen MR) is 34.8 cm³/mol. The Balaban J connectivity index is 4.04. The zero-order valence-electron chi connectivity index (χ0n) is 5.39. The molecule has 0 aromatic rings. The van der Waals surface area contributed by atoms with E-state index >= 15 is 0 Å². The molecule has 0 bridgehead atoms. The first-order valence-corrected chi connectivity index (χ1v) is 3.06. The van der Waals surface area contributed by atoms with Crippen LogP contribution in [0.2, 0.25) is 0 Å². The van der Waals surface area contributed by atoms with Gasteiger partial charge in [-0.05, 0) is 17.5 Å². The van der Waals surface area contributed by atoms with E-state index in [1.54, 1.807) is 13.8 Å². The predicted octanol–water partition coefficient (Wildman–Crippen LogP) is 1.55. The average molecular weight is 146 g/mol. The van der Waals surface area contributed by atoms with Crippen molar-refractivity contribution in [3.05, 3.63) is 0 Å². The zero-order valence-corrected chi connectivity index (χ0v) is 6.14. The minimum atomic E-state index is -0.647. The van der Waals surface area contributed by atoms with Crippen molar-refractivity contribution in [2.45, 2.75) is 13.8 Å². The zero-order chi connectivity index (χ0) is 7.44. The Morgan fingerprint density at radius 1 is 1.67 bits per heavy atom. The van der Waals surface area contributed by atoms with Crippen LogP contribution in [0.4, 0.5) is 0 Å². The standard InChI is InChI=1S/C6H8ClNO/c1-4(2)5(3-8)6(7)9/h4-5H,1-2H3/t5-/m0/s1. The van der Waals surface area contributed by atoms with E-state index in [1.165, 1.54) is 0 Å². The van der Waals surface area contributed by atoms with E-state index in [4.69, 9.17) is 16.9 Å². The molecule has 0 N–H and O–H groups in total. The highest BCUT2D eigenvalue weighted by molar-refractivity contribution is 6.64. The molecule has 0 amide bonds. The van der Waals surface area contributed by atoms with Crippen LogP contribution < -0.4 is 0 Å². The Kier molecular flexibility index (Phi) is 3.26. The summed E-state index contributed by atoms with van der Waals surface area (Å²) in [7, 11) is 0. The summed E-state index contributed by atoms with van der Waals surface area (Å²) in [5, 5.41) is 7.75. The molecule has 0 aromatic carbocycles. The van der Waals surface area contributed by atoms with E-state index in [1.807, 2.05) is 6.07 Å². The molecular formula is C6H8ClNO. The average Bonchev–Trinajstić information content (AvgIpc) is 1.64. The smallest absolute Gasteiger partial charge is 0.239 e. The highest BCUT2D eigenvalue weighted by Gasteiger charge is 2.18. The molecule has 0 heterocycles. The van der Waals surface area contributed by atoms with Gasteiger partial charge in [0.15, 0.2) is 0 Å². The van der Waals surface area contributed by atoms with Crippen LogP contribution in [-0.2, 0) is 4.79 Å². The molecule has 3 heteroatoms. The number of halogens is 1. The van der Waals surface area contributed by atoms with Gasteiger partial charge < -0.3 is 0 Å². The molecule has 0 aliphatic heterocycles. The quantitative estimate of drug-likeness (QED) is 0.554. The van der Waals surface area contributed by atoms with Gasteiger partial charge >= 0.3 is 0 Å². The van der Waals surface area contributed by atoms with Crippen LogP contribution in [0.1, 0.15) is 13.8 Å². The van der Waals surface area contributed by atoms with Gasteiger partial charge in [-0.2, -0.15) is 5.26 Å². The van der Waals surface area contributed by atoms with Crippen LogP contribution in [0.3, 0.4) is 0 Å². The van der Waals surface area contributed by atoms with Crippen molar-refractivity contribution in [1.29, 1.82) is 5.26 Å². The lowest BCUT2D eigenvalue weighted by atomic mass is 9.99. The fourth-order valence-electron chi connectivity index (χ4n) is 0.462. The normalized spacial score (nSPS) is 12.8. The van der Waals surface area contributed by atoms with Crippen molar-refractivity contribution in [3.8, 4) is 6.07 Å². The second-order valence-electron chi connectivity index (χ2n) is 2.15. The van der Waals surface area contributed by atoms with Crippen molar-refractivity contribution in [3.63, 3.8) is 0 Å². The summed E-state index contributed by atoms with van der Waals surface area (Å²) in [6.07, 6.45) is 0. The lowest BCUT2D eigenvalue weighted by Gasteiger charge is -2.04. The first-order valence-electron chi connectivity index (χ1n) is 2.68. The van der Waals surface area contributed by atoms with Gasteiger partial charge in [0.2, 0.25) is 5.24 Å².